The van der Waals surface area contributed by atoms with Gasteiger partial charge in [0.2, 0.25) is 0 Å². The fraction of sp³-hybridized carbons (Fsp3) is 0.167. The maximum atomic E-state index is 11.9. The molecule has 66 valence electrons. The van der Waals surface area contributed by atoms with Gasteiger partial charge in [-0.2, -0.15) is 13.2 Å². The molecule has 0 unspecified atom stereocenters. The Hall–Kier alpha value is -0.910. The van der Waals surface area contributed by atoms with E-state index in [0.717, 1.165) is 12.3 Å². The molecule has 0 radical (unpaired) electrons. The zero-order chi connectivity index (χ0) is 9.19. The van der Waals surface area contributed by atoms with Gasteiger partial charge in [-0.3, -0.25) is 0 Å². The minimum Gasteiger partial charge on any atom is -0.317 e. The lowest BCUT2D eigenvalue weighted by atomic mass is 10.3. The summed E-state index contributed by atoms with van der Waals surface area (Å²) in [6, 6.07) is 2.14. The highest BCUT2D eigenvalue weighted by Crippen LogP contribution is 2.28. The van der Waals surface area contributed by atoms with Gasteiger partial charge in [-0.15, -0.1) is 0 Å². The first kappa shape index (κ1) is 9.18. The average molecular weight is 194 g/mol. The summed E-state index contributed by atoms with van der Waals surface area (Å²) in [4.78, 5) is 3.46. The van der Waals surface area contributed by atoms with E-state index in [1.807, 2.05) is 0 Å². The van der Waals surface area contributed by atoms with Crippen LogP contribution in [0.3, 0.4) is 0 Å². The van der Waals surface area contributed by atoms with Crippen molar-refractivity contribution in [1.82, 2.24) is 4.98 Å². The van der Waals surface area contributed by atoms with Gasteiger partial charge >= 0.3 is 6.18 Å². The second-order valence-corrected chi connectivity index (χ2v) is 2.27. The zero-order valence-corrected chi connectivity index (χ0v) is 6.65. The minimum absolute atomic E-state index is 0.284. The van der Waals surface area contributed by atoms with E-state index >= 15 is 0 Å². The van der Waals surface area contributed by atoms with Crippen molar-refractivity contribution in [3.05, 3.63) is 23.9 Å². The number of pyridine rings is 1. The molecule has 12 heavy (non-hydrogen) atoms. The molecule has 0 aliphatic carbocycles. The van der Waals surface area contributed by atoms with E-state index in [9.17, 15) is 13.2 Å². The molecule has 1 heterocycles. The van der Waals surface area contributed by atoms with E-state index in [-0.39, 0.29) is 5.82 Å². The zero-order valence-electron chi connectivity index (χ0n) is 5.76. The molecule has 1 aromatic heterocycles. The maximum absolute atomic E-state index is 11.9. The van der Waals surface area contributed by atoms with Crippen molar-refractivity contribution in [2.75, 3.05) is 4.72 Å². The summed E-state index contributed by atoms with van der Waals surface area (Å²) in [5, 5.41) is 0. The van der Waals surface area contributed by atoms with E-state index in [4.69, 9.17) is 0 Å². The normalized spacial score (nSPS) is 11.3. The van der Waals surface area contributed by atoms with Crippen LogP contribution in [0.15, 0.2) is 18.3 Å². The van der Waals surface area contributed by atoms with Crippen LogP contribution in [-0.2, 0) is 6.18 Å². The molecule has 0 saturated heterocycles. The van der Waals surface area contributed by atoms with E-state index in [1.54, 1.807) is 0 Å². The van der Waals surface area contributed by atoms with Crippen LogP contribution in [0.5, 0.6) is 0 Å². The molecule has 0 spiro atoms. The number of aromatic nitrogens is 1. The van der Waals surface area contributed by atoms with Crippen LogP contribution < -0.4 is 4.72 Å². The third-order valence-electron chi connectivity index (χ3n) is 1.21. The molecule has 0 saturated carbocycles. The van der Waals surface area contributed by atoms with Crippen molar-refractivity contribution in [3.8, 4) is 0 Å². The topological polar surface area (TPSA) is 24.9 Å². The van der Waals surface area contributed by atoms with Gasteiger partial charge in [0.05, 0.1) is 5.56 Å². The standard InChI is InChI=1S/C6H5F3N2S/c7-6(8,9)4-1-2-5(11-12)10-3-4/h1-3,12H,(H,10,11). The van der Waals surface area contributed by atoms with Crippen LogP contribution in [-0.4, -0.2) is 4.98 Å². The lowest BCUT2D eigenvalue weighted by Crippen LogP contribution is -2.05. The molecule has 0 amide bonds. The first-order valence-electron chi connectivity index (χ1n) is 2.97. The summed E-state index contributed by atoms with van der Waals surface area (Å²) in [7, 11) is 0. The van der Waals surface area contributed by atoms with Gasteiger partial charge in [0.15, 0.2) is 0 Å². The lowest BCUT2D eigenvalue weighted by molar-refractivity contribution is -0.137. The fourth-order valence-electron chi connectivity index (χ4n) is 0.628. The van der Waals surface area contributed by atoms with Crippen LogP contribution in [0.2, 0.25) is 0 Å². The number of alkyl halides is 3. The Morgan fingerprint density at radius 1 is 1.33 bits per heavy atom. The lowest BCUT2D eigenvalue weighted by Gasteiger charge is -2.05. The van der Waals surface area contributed by atoms with Gasteiger partial charge < -0.3 is 4.72 Å². The van der Waals surface area contributed by atoms with Gasteiger partial charge in [0.25, 0.3) is 0 Å². The highest BCUT2D eigenvalue weighted by atomic mass is 32.1. The molecule has 0 aromatic carbocycles. The number of nitrogens with one attached hydrogen (secondary N) is 1. The van der Waals surface area contributed by atoms with Crippen molar-refractivity contribution in [3.63, 3.8) is 0 Å². The number of anilines is 1. The van der Waals surface area contributed by atoms with Crippen LogP contribution in [0, 0.1) is 0 Å². The first-order valence-corrected chi connectivity index (χ1v) is 3.42. The number of hydrogen-bond acceptors (Lipinski definition) is 3. The molecular formula is C6H5F3N2S. The molecule has 6 heteroatoms. The minimum atomic E-state index is -4.33. The molecule has 2 nitrogen and oxygen atoms in total. The fourth-order valence-corrected chi connectivity index (χ4v) is 0.760. The third-order valence-corrected chi connectivity index (χ3v) is 1.43. The number of halogens is 3. The van der Waals surface area contributed by atoms with Crippen LogP contribution in [0.4, 0.5) is 19.0 Å². The van der Waals surface area contributed by atoms with Gasteiger partial charge in [0.1, 0.15) is 5.82 Å². The van der Waals surface area contributed by atoms with Crippen molar-refractivity contribution in [1.29, 1.82) is 0 Å². The molecule has 0 aliphatic heterocycles. The molecule has 0 bridgehead atoms. The predicted octanol–water partition coefficient (Wildman–Crippen LogP) is 2.36. The molecule has 1 aromatic rings. The highest BCUT2D eigenvalue weighted by molar-refractivity contribution is 7.81. The Balaban J connectivity index is 2.93. The Kier molecular flexibility index (Phi) is 2.46. The SMILES string of the molecule is FC(F)(F)c1ccc(NS)nc1. The van der Waals surface area contributed by atoms with Crippen molar-refractivity contribution in [2.24, 2.45) is 0 Å². The second-order valence-electron chi connectivity index (χ2n) is 2.04. The Bertz CT molecular complexity index is 256. The van der Waals surface area contributed by atoms with E-state index < -0.39 is 11.7 Å². The van der Waals surface area contributed by atoms with Crippen molar-refractivity contribution >= 4 is 18.6 Å². The van der Waals surface area contributed by atoms with Crippen molar-refractivity contribution in [2.45, 2.75) is 6.18 Å². The molecule has 1 N–H and O–H groups in total. The second kappa shape index (κ2) is 3.22. The number of nitrogens with zero attached hydrogens (tertiary/aromatic N) is 1. The predicted molar refractivity (Wildman–Crippen MR) is 41.8 cm³/mol. The monoisotopic (exact) mass is 194 g/mol. The summed E-state index contributed by atoms with van der Waals surface area (Å²) in [6.07, 6.45) is -3.58. The average Bonchev–Trinajstić information content (AvgIpc) is 2.03. The van der Waals surface area contributed by atoms with Gasteiger partial charge in [-0.1, -0.05) is 12.8 Å². The maximum Gasteiger partial charge on any atom is 0.417 e. The molecule has 0 aliphatic rings. The molecular weight excluding hydrogens is 189 g/mol. The summed E-state index contributed by atoms with van der Waals surface area (Å²) < 4.78 is 38.2. The number of thiol groups is 1. The first-order chi connectivity index (χ1) is 5.54. The number of rotatable bonds is 1. The van der Waals surface area contributed by atoms with Gasteiger partial charge in [-0.05, 0) is 12.1 Å². The van der Waals surface area contributed by atoms with Crippen molar-refractivity contribution < 1.29 is 13.2 Å². The summed E-state index contributed by atoms with van der Waals surface area (Å²) in [6.45, 7) is 0. The van der Waals surface area contributed by atoms with Gasteiger partial charge in [0, 0.05) is 6.20 Å². The summed E-state index contributed by atoms with van der Waals surface area (Å²) in [5.41, 5.74) is -0.769. The smallest absolute Gasteiger partial charge is 0.317 e. The van der Waals surface area contributed by atoms with E-state index in [1.165, 1.54) is 6.07 Å². The third kappa shape index (κ3) is 2.04. The highest BCUT2D eigenvalue weighted by Gasteiger charge is 2.30. The van der Waals surface area contributed by atoms with Crippen LogP contribution in [0.25, 0.3) is 0 Å². The molecule has 1 rings (SSSR count). The Morgan fingerprint density at radius 2 is 2.00 bits per heavy atom. The van der Waals surface area contributed by atoms with Crippen LogP contribution in [0.1, 0.15) is 5.56 Å². The number of hydrogen-bond donors (Lipinski definition) is 2. The molecule has 0 atom stereocenters. The van der Waals surface area contributed by atoms with Crippen LogP contribution >= 0.6 is 12.8 Å². The Morgan fingerprint density at radius 3 is 2.33 bits per heavy atom. The summed E-state index contributed by atoms with van der Waals surface area (Å²) in [5.74, 6) is 0.284. The Labute approximate surface area is 72.4 Å². The van der Waals surface area contributed by atoms with E-state index in [0.29, 0.717) is 0 Å². The molecule has 0 fully saturated rings. The van der Waals surface area contributed by atoms with E-state index in [2.05, 4.69) is 22.5 Å². The van der Waals surface area contributed by atoms with Gasteiger partial charge in [-0.25, -0.2) is 4.98 Å². The largest absolute Gasteiger partial charge is 0.417 e. The summed E-state index contributed by atoms with van der Waals surface area (Å²) >= 11 is 3.62. The quantitative estimate of drug-likeness (QED) is 0.671.